The summed E-state index contributed by atoms with van der Waals surface area (Å²) in [5, 5.41) is 2.43. The third-order valence-electron chi connectivity index (χ3n) is 2.16. The maximum atomic E-state index is 3.22. The fourth-order valence-electron chi connectivity index (χ4n) is 1.52. The van der Waals surface area contributed by atoms with Crippen LogP contribution in [0.5, 0.6) is 0 Å². The highest BCUT2D eigenvalue weighted by molar-refractivity contribution is 5.93. The van der Waals surface area contributed by atoms with E-state index in [-0.39, 0.29) is 0 Å². The van der Waals surface area contributed by atoms with Gasteiger partial charge in [-0.25, -0.2) is 0 Å². The number of benzene rings is 2. The van der Waals surface area contributed by atoms with Crippen molar-refractivity contribution in [2.45, 2.75) is 0 Å². The Bertz CT molecular complexity index is 413. The van der Waals surface area contributed by atoms with E-state index in [1.165, 1.54) is 16.5 Å². The minimum absolute atomic E-state index is 1.17. The predicted molar refractivity (Wildman–Crippen MR) is 57.1 cm³/mol. The highest BCUT2D eigenvalue weighted by Crippen LogP contribution is 2.24. The standard InChI is InChI=1S/C12H12N/c1-13(2)12-9-5-7-10-6-3-4-8-11(10)12/h3-6,8-9H,1-2H3. The molecule has 0 aliphatic carbocycles. The van der Waals surface area contributed by atoms with Gasteiger partial charge in [0.05, 0.1) is 0 Å². The molecule has 0 spiro atoms. The summed E-state index contributed by atoms with van der Waals surface area (Å²) >= 11 is 0. The number of fused-ring (bicyclic) bond motifs is 1. The number of rotatable bonds is 1. The third kappa shape index (κ3) is 1.37. The van der Waals surface area contributed by atoms with Gasteiger partial charge in [-0.1, -0.05) is 30.3 Å². The van der Waals surface area contributed by atoms with E-state index in [2.05, 4.69) is 49.3 Å². The van der Waals surface area contributed by atoms with Crippen LogP contribution in [0.2, 0.25) is 0 Å². The first-order valence-corrected chi connectivity index (χ1v) is 4.36. The first kappa shape index (κ1) is 8.11. The Morgan fingerprint density at radius 2 is 1.85 bits per heavy atom. The zero-order valence-corrected chi connectivity index (χ0v) is 7.91. The molecule has 1 radical (unpaired) electrons. The highest BCUT2D eigenvalue weighted by atomic mass is 15.1. The molecule has 0 saturated carbocycles. The molecular weight excluding hydrogens is 158 g/mol. The average molecular weight is 170 g/mol. The van der Waals surface area contributed by atoms with E-state index < -0.39 is 0 Å². The second-order valence-electron chi connectivity index (χ2n) is 3.30. The maximum absolute atomic E-state index is 3.22. The van der Waals surface area contributed by atoms with Gasteiger partial charge in [-0.2, -0.15) is 0 Å². The summed E-state index contributed by atoms with van der Waals surface area (Å²) in [6, 6.07) is 15.6. The Hall–Kier alpha value is -1.50. The molecule has 0 N–H and O–H groups in total. The van der Waals surface area contributed by atoms with E-state index in [0.717, 1.165) is 0 Å². The monoisotopic (exact) mass is 170 g/mol. The van der Waals surface area contributed by atoms with Gasteiger partial charge in [0.2, 0.25) is 0 Å². The highest BCUT2D eigenvalue weighted by Gasteiger charge is 2.00. The Kier molecular flexibility index (Phi) is 1.93. The van der Waals surface area contributed by atoms with Crippen molar-refractivity contribution in [3.8, 4) is 0 Å². The van der Waals surface area contributed by atoms with E-state index in [1.54, 1.807) is 0 Å². The van der Waals surface area contributed by atoms with Gasteiger partial charge in [-0.15, -0.1) is 0 Å². The number of nitrogens with zero attached hydrogens (tertiary/aromatic N) is 1. The molecule has 0 fully saturated rings. The van der Waals surface area contributed by atoms with Gasteiger partial charge in [0, 0.05) is 25.2 Å². The molecule has 1 nitrogen and oxygen atoms in total. The van der Waals surface area contributed by atoms with Crippen LogP contribution in [-0.4, -0.2) is 14.1 Å². The molecular formula is C12H12N. The van der Waals surface area contributed by atoms with E-state index in [1.807, 2.05) is 12.1 Å². The zero-order chi connectivity index (χ0) is 9.26. The van der Waals surface area contributed by atoms with Crippen LogP contribution < -0.4 is 4.90 Å². The van der Waals surface area contributed by atoms with Gasteiger partial charge in [0.15, 0.2) is 0 Å². The molecule has 2 aromatic rings. The zero-order valence-electron chi connectivity index (χ0n) is 7.91. The van der Waals surface area contributed by atoms with Crippen molar-refractivity contribution < 1.29 is 0 Å². The third-order valence-corrected chi connectivity index (χ3v) is 2.16. The molecule has 0 aliphatic heterocycles. The van der Waals surface area contributed by atoms with E-state index in [0.29, 0.717) is 0 Å². The number of anilines is 1. The van der Waals surface area contributed by atoms with Crippen molar-refractivity contribution in [1.29, 1.82) is 0 Å². The fraction of sp³-hybridized carbons (Fsp3) is 0.167. The van der Waals surface area contributed by atoms with Gasteiger partial charge >= 0.3 is 0 Å². The Morgan fingerprint density at radius 1 is 1.08 bits per heavy atom. The minimum atomic E-state index is 1.17. The molecule has 13 heavy (non-hydrogen) atoms. The van der Waals surface area contributed by atoms with Gasteiger partial charge in [0.25, 0.3) is 0 Å². The average Bonchev–Trinajstić information content (AvgIpc) is 2.17. The largest absolute Gasteiger partial charge is 0.377 e. The number of hydrogen-bond acceptors (Lipinski definition) is 1. The lowest BCUT2D eigenvalue weighted by atomic mass is 10.1. The smallest absolute Gasteiger partial charge is 0.0441 e. The lowest BCUT2D eigenvalue weighted by Crippen LogP contribution is -2.08. The summed E-state index contributed by atoms with van der Waals surface area (Å²) in [6.45, 7) is 0. The molecule has 2 aromatic carbocycles. The van der Waals surface area contributed by atoms with Crippen molar-refractivity contribution in [2.24, 2.45) is 0 Å². The van der Waals surface area contributed by atoms with Crippen molar-refractivity contribution >= 4 is 16.5 Å². The molecule has 0 bridgehead atoms. The Labute approximate surface area is 78.6 Å². The van der Waals surface area contributed by atoms with E-state index in [9.17, 15) is 0 Å². The first-order chi connectivity index (χ1) is 6.29. The molecule has 0 aliphatic rings. The Balaban J connectivity index is 2.76. The topological polar surface area (TPSA) is 3.24 Å². The molecule has 0 heterocycles. The lowest BCUT2D eigenvalue weighted by molar-refractivity contribution is 1.14. The molecule has 65 valence electrons. The minimum Gasteiger partial charge on any atom is -0.377 e. The van der Waals surface area contributed by atoms with E-state index >= 15 is 0 Å². The summed E-state index contributed by atoms with van der Waals surface area (Å²) < 4.78 is 0. The van der Waals surface area contributed by atoms with Crippen LogP contribution in [-0.2, 0) is 0 Å². The summed E-state index contributed by atoms with van der Waals surface area (Å²) in [5.41, 5.74) is 1.24. The SMILES string of the molecule is CN(C)c1cc[c]c2ccccc12. The van der Waals surface area contributed by atoms with Gasteiger partial charge in [0.1, 0.15) is 0 Å². The van der Waals surface area contributed by atoms with Gasteiger partial charge in [-0.05, 0) is 17.5 Å². The molecule has 0 atom stereocenters. The van der Waals surface area contributed by atoms with Gasteiger partial charge < -0.3 is 4.90 Å². The normalized spacial score (nSPS) is 10.3. The van der Waals surface area contributed by atoms with Crippen LogP contribution in [0.25, 0.3) is 10.8 Å². The second-order valence-corrected chi connectivity index (χ2v) is 3.30. The predicted octanol–water partition coefficient (Wildman–Crippen LogP) is 2.71. The summed E-state index contributed by atoms with van der Waals surface area (Å²) in [5.74, 6) is 0. The van der Waals surface area contributed by atoms with Crippen molar-refractivity contribution in [3.05, 3.63) is 42.5 Å². The van der Waals surface area contributed by atoms with Gasteiger partial charge in [-0.3, -0.25) is 0 Å². The van der Waals surface area contributed by atoms with Crippen molar-refractivity contribution in [1.82, 2.24) is 0 Å². The van der Waals surface area contributed by atoms with Crippen LogP contribution in [0, 0.1) is 6.07 Å². The van der Waals surface area contributed by atoms with Crippen LogP contribution in [0.3, 0.4) is 0 Å². The summed E-state index contributed by atoms with van der Waals surface area (Å²) in [4.78, 5) is 2.12. The fourth-order valence-corrected chi connectivity index (χ4v) is 1.52. The Morgan fingerprint density at radius 3 is 2.62 bits per heavy atom. The maximum Gasteiger partial charge on any atom is 0.0441 e. The van der Waals surface area contributed by atoms with Crippen molar-refractivity contribution in [3.63, 3.8) is 0 Å². The lowest BCUT2D eigenvalue weighted by Gasteiger charge is -2.14. The van der Waals surface area contributed by atoms with Crippen LogP contribution >= 0.6 is 0 Å². The summed E-state index contributed by atoms with van der Waals surface area (Å²) in [6.07, 6.45) is 0. The molecule has 0 aromatic heterocycles. The summed E-state index contributed by atoms with van der Waals surface area (Å²) in [7, 11) is 4.11. The first-order valence-electron chi connectivity index (χ1n) is 4.36. The quantitative estimate of drug-likeness (QED) is 0.636. The molecule has 1 heteroatoms. The molecule has 0 saturated heterocycles. The van der Waals surface area contributed by atoms with Crippen LogP contribution in [0.4, 0.5) is 5.69 Å². The second kappa shape index (κ2) is 3.09. The van der Waals surface area contributed by atoms with E-state index in [4.69, 9.17) is 0 Å². The molecule has 0 unspecified atom stereocenters. The van der Waals surface area contributed by atoms with Crippen LogP contribution in [0.1, 0.15) is 0 Å². The van der Waals surface area contributed by atoms with Crippen molar-refractivity contribution in [2.75, 3.05) is 19.0 Å². The number of hydrogen-bond donors (Lipinski definition) is 0. The van der Waals surface area contributed by atoms with Crippen LogP contribution in [0.15, 0.2) is 36.4 Å². The molecule has 0 amide bonds. The molecule has 2 rings (SSSR count).